The van der Waals surface area contributed by atoms with E-state index in [1.807, 2.05) is 0 Å². The summed E-state index contributed by atoms with van der Waals surface area (Å²) in [6, 6.07) is 6.22. The number of non-ortho nitro benzene ring substituents is 1. The SMILES string of the molecule is O=[N+]([O-])c1ccc(NNC2CCCO2)cc1. The fourth-order valence-corrected chi connectivity index (χ4v) is 1.52. The molecule has 0 radical (unpaired) electrons. The third-order valence-corrected chi connectivity index (χ3v) is 2.39. The van der Waals surface area contributed by atoms with Crippen LogP contribution in [0.3, 0.4) is 0 Å². The zero-order valence-corrected chi connectivity index (χ0v) is 8.68. The molecule has 1 heterocycles. The van der Waals surface area contributed by atoms with Crippen molar-refractivity contribution >= 4 is 11.4 Å². The Morgan fingerprint density at radius 3 is 2.69 bits per heavy atom. The van der Waals surface area contributed by atoms with Crippen molar-refractivity contribution < 1.29 is 9.66 Å². The van der Waals surface area contributed by atoms with Crippen LogP contribution in [-0.4, -0.2) is 17.8 Å². The minimum absolute atomic E-state index is 0.0233. The number of hydrogen-bond donors (Lipinski definition) is 2. The Bertz CT molecular complexity index is 360. The molecule has 6 nitrogen and oxygen atoms in total. The van der Waals surface area contributed by atoms with Gasteiger partial charge in [-0.05, 0) is 25.0 Å². The van der Waals surface area contributed by atoms with E-state index in [2.05, 4.69) is 10.9 Å². The van der Waals surface area contributed by atoms with Gasteiger partial charge < -0.3 is 10.2 Å². The predicted molar refractivity (Wildman–Crippen MR) is 58.8 cm³/mol. The molecule has 86 valence electrons. The summed E-state index contributed by atoms with van der Waals surface area (Å²) >= 11 is 0. The van der Waals surface area contributed by atoms with Gasteiger partial charge in [0.15, 0.2) is 0 Å². The van der Waals surface area contributed by atoms with Crippen molar-refractivity contribution in [1.29, 1.82) is 0 Å². The topological polar surface area (TPSA) is 76.4 Å². The van der Waals surface area contributed by atoms with Crippen LogP contribution in [0, 0.1) is 10.1 Å². The van der Waals surface area contributed by atoms with Crippen LogP contribution < -0.4 is 10.9 Å². The lowest BCUT2D eigenvalue weighted by atomic mass is 10.3. The molecular weight excluding hydrogens is 210 g/mol. The fourth-order valence-electron chi connectivity index (χ4n) is 1.52. The molecule has 1 aliphatic heterocycles. The van der Waals surface area contributed by atoms with Gasteiger partial charge in [-0.15, -0.1) is 0 Å². The summed E-state index contributed by atoms with van der Waals surface area (Å²) in [5.74, 6) is 0. The average molecular weight is 223 g/mol. The zero-order valence-electron chi connectivity index (χ0n) is 8.68. The van der Waals surface area contributed by atoms with Gasteiger partial charge in [-0.1, -0.05) is 0 Å². The molecule has 1 aromatic rings. The monoisotopic (exact) mass is 223 g/mol. The molecule has 1 aromatic carbocycles. The summed E-state index contributed by atoms with van der Waals surface area (Å²) < 4.78 is 5.35. The van der Waals surface area contributed by atoms with E-state index < -0.39 is 4.92 Å². The maximum Gasteiger partial charge on any atom is 0.269 e. The van der Waals surface area contributed by atoms with E-state index in [-0.39, 0.29) is 11.9 Å². The van der Waals surface area contributed by atoms with Crippen LogP contribution in [0.5, 0.6) is 0 Å². The zero-order chi connectivity index (χ0) is 11.4. The normalized spacial score (nSPS) is 19.6. The Morgan fingerprint density at radius 2 is 2.12 bits per heavy atom. The summed E-state index contributed by atoms with van der Waals surface area (Å²) in [5.41, 5.74) is 6.82. The highest BCUT2D eigenvalue weighted by atomic mass is 16.6. The third kappa shape index (κ3) is 2.68. The first-order chi connectivity index (χ1) is 7.75. The predicted octanol–water partition coefficient (Wildman–Crippen LogP) is 1.65. The number of nitrogens with zero attached hydrogens (tertiary/aromatic N) is 1. The first-order valence-corrected chi connectivity index (χ1v) is 5.13. The minimum atomic E-state index is -0.419. The van der Waals surface area contributed by atoms with Crippen molar-refractivity contribution in [3.8, 4) is 0 Å². The maximum absolute atomic E-state index is 10.4. The number of anilines is 1. The van der Waals surface area contributed by atoms with Gasteiger partial charge in [-0.2, -0.15) is 0 Å². The lowest BCUT2D eigenvalue weighted by molar-refractivity contribution is -0.384. The van der Waals surface area contributed by atoms with E-state index in [1.165, 1.54) is 12.1 Å². The molecule has 0 aromatic heterocycles. The first kappa shape index (κ1) is 10.8. The number of nitrogens with one attached hydrogen (secondary N) is 2. The van der Waals surface area contributed by atoms with Gasteiger partial charge in [0.2, 0.25) is 0 Å². The van der Waals surface area contributed by atoms with Crippen LogP contribution in [-0.2, 0) is 4.74 Å². The highest BCUT2D eigenvalue weighted by molar-refractivity contribution is 5.47. The molecule has 0 spiro atoms. The standard InChI is InChI=1S/C10H13N3O3/c14-13(15)9-5-3-8(4-6-9)11-12-10-2-1-7-16-10/h3-6,10-12H,1-2,7H2. The van der Waals surface area contributed by atoms with E-state index in [4.69, 9.17) is 4.74 Å². The molecule has 2 rings (SSSR count). The van der Waals surface area contributed by atoms with E-state index in [0.29, 0.717) is 0 Å². The molecule has 1 saturated heterocycles. The molecule has 1 atom stereocenters. The van der Waals surface area contributed by atoms with Gasteiger partial charge in [0.25, 0.3) is 5.69 Å². The highest BCUT2D eigenvalue weighted by Crippen LogP contribution is 2.15. The lowest BCUT2D eigenvalue weighted by Gasteiger charge is -2.13. The number of rotatable bonds is 4. The smallest absolute Gasteiger partial charge is 0.269 e. The van der Waals surface area contributed by atoms with Crippen LogP contribution in [0.2, 0.25) is 0 Å². The molecule has 1 fully saturated rings. The molecule has 0 saturated carbocycles. The van der Waals surface area contributed by atoms with Gasteiger partial charge in [0, 0.05) is 24.4 Å². The number of nitro groups is 1. The molecule has 1 unspecified atom stereocenters. The number of hydrazine groups is 1. The number of ether oxygens (including phenoxy) is 1. The molecule has 2 N–H and O–H groups in total. The van der Waals surface area contributed by atoms with Crippen molar-refractivity contribution in [2.75, 3.05) is 12.0 Å². The van der Waals surface area contributed by atoms with Crippen molar-refractivity contribution in [3.63, 3.8) is 0 Å². The van der Waals surface area contributed by atoms with Gasteiger partial charge >= 0.3 is 0 Å². The van der Waals surface area contributed by atoms with Gasteiger partial charge in [0.05, 0.1) is 4.92 Å². The number of nitro benzene ring substituents is 1. The summed E-state index contributed by atoms with van der Waals surface area (Å²) in [6.45, 7) is 0.777. The second-order valence-corrected chi connectivity index (χ2v) is 3.57. The Kier molecular flexibility index (Phi) is 3.33. The molecule has 0 bridgehead atoms. The van der Waals surface area contributed by atoms with Gasteiger partial charge in [0.1, 0.15) is 6.23 Å². The highest BCUT2D eigenvalue weighted by Gasteiger charge is 2.14. The van der Waals surface area contributed by atoms with Gasteiger partial charge in [-0.3, -0.25) is 10.1 Å². The first-order valence-electron chi connectivity index (χ1n) is 5.13. The lowest BCUT2D eigenvalue weighted by Crippen LogP contribution is -2.33. The van der Waals surface area contributed by atoms with Crippen LogP contribution in [0.4, 0.5) is 11.4 Å². The molecule has 0 aliphatic carbocycles. The molecule has 0 amide bonds. The Hall–Kier alpha value is -1.66. The Morgan fingerprint density at radius 1 is 1.38 bits per heavy atom. The van der Waals surface area contributed by atoms with Crippen LogP contribution in [0.15, 0.2) is 24.3 Å². The van der Waals surface area contributed by atoms with Crippen molar-refractivity contribution in [3.05, 3.63) is 34.4 Å². The van der Waals surface area contributed by atoms with E-state index in [1.54, 1.807) is 12.1 Å². The molecule has 6 heteroatoms. The van der Waals surface area contributed by atoms with Crippen LogP contribution in [0.25, 0.3) is 0 Å². The molecular formula is C10H13N3O3. The second kappa shape index (κ2) is 4.91. The maximum atomic E-state index is 10.4. The molecule has 16 heavy (non-hydrogen) atoms. The summed E-state index contributed by atoms with van der Waals surface area (Å²) in [6.07, 6.45) is 2.05. The van der Waals surface area contributed by atoms with Crippen LogP contribution in [0.1, 0.15) is 12.8 Å². The van der Waals surface area contributed by atoms with E-state index in [0.717, 1.165) is 25.1 Å². The van der Waals surface area contributed by atoms with E-state index >= 15 is 0 Å². The quantitative estimate of drug-likeness (QED) is 0.599. The van der Waals surface area contributed by atoms with Crippen LogP contribution >= 0.6 is 0 Å². The number of benzene rings is 1. The summed E-state index contributed by atoms with van der Waals surface area (Å²) in [7, 11) is 0. The summed E-state index contributed by atoms with van der Waals surface area (Å²) in [4.78, 5) is 10.0. The summed E-state index contributed by atoms with van der Waals surface area (Å²) in [5, 5.41) is 10.4. The third-order valence-electron chi connectivity index (χ3n) is 2.39. The Balaban J connectivity index is 1.87. The van der Waals surface area contributed by atoms with Crippen molar-refractivity contribution in [2.45, 2.75) is 19.1 Å². The number of hydrogen-bond acceptors (Lipinski definition) is 5. The largest absolute Gasteiger partial charge is 0.362 e. The molecule has 1 aliphatic rings. The average Bonchev–Trinajstić information content (AvgIpc) is 2.80. The second-order valence-electron chi connectivity index (χ2n) is 3.57. The van der Waals surface area contributed by atoms with Crippen molar-refractivity contribution in [1.82, 2.24) is 5.43 Å². The van der Waals surface area contributed by atoms with E-state index in [9.17, 15) is 10.1 Å². The minimum Gasteiger partial charge on any atom is -0.362 e. The van der Waals surface area contributed by atoms with Gasteiger partial charge in [-0.25, -0.2) is 5.43 Å². The fraction of sp³-hybridized carbons (Fsp3) is 0.400. The Labute approximate surface area is 92.7 Å². The van der Waals surface area contributed by atoms with Crippen molar-refractivity contribution in [2.24, 2.45) is 0 Å².